The van der Waals surface area contributed by atoms with E-state index in [-0.39, 0.29) is 29.4 Å². The second-order valence-electron chi connectivity index (χ2n) is 6.72. The molecule has 3 aromatic rings. The number of non-ortho nitro benzene ring substituents is 1. The highest BCUT2D eigenvalue weighted by Gasteiger charge is 2.34. The first-order valence-electron chi connectivity index (χ1n) is 9.31. The van der Waals surface area contributed by atoms with Crippen molar-refractivity contribution in [3.05, 3.63) is 87.8 Å². The van der Waals surface area contributed by atoms with E-state index in [0.717, 1.165) is 4.90 Å². The Labute approximate surface area is 180 Å². The van der Waals surface area contributed by atoms with Gasteiger partial charge in [0, 0.05) is 24.0 Å². The average molecular weight is 436 g/mol. The minimum absolute atomic E-state index is 0.0279. The Hall–Kier alpha value is -4.67. The molecule has 0 aliphatic carbocycles. The van der Waals surface area contributed by atoms with Gasteiger partial charge in [0.15, 0.2) is 0 Å². The Morgan fingerprint density at radius 1 is 1.22 bits per heavy atom. The molecule has 0 bridgehead atoms. The highest BCUT2D eigenvalue weighted by Crippen LogP contribution is 2.22. The molecule has 11 heteroatoms. The molecule has 0 radical (unpaired) electrons. The second kappa shape index (κ2) is 8.22. The quantitative estimate of drug-likeness (QED) is 0.206. The van der Waals surface area contributed by atoms with Crippen molar-refractivity contribution in [2.24, 2.45) is 0 Å². The largest absolute Gasteiger partial charge is 0.463 e. The van der Waals surface area contributed by atoms with Crippen molar-refractivity contribution < 1.29 is 28.5 Å². The fourth-order valence-corrected chi connectivity index (χ4v) is 3.20. The molecule has 1 aliphatic heterocycles. The van der Waals surface area contributed by atoms with Crippen LogP contribution >= 0.6 is 0 Å². The highest BCUT2D eigenvalue weighted by atomic mass is 16.6. The van der Waals surface area contributed by atoms with Crippen LogP contribution in [-0.4, -0.2) is 39.4 Å². The molecule has 1 aliphatic rings. The monoisotopic (exact) mass is 436 g/mol. The number of rotatable bonds is 6. The van der Waals surface area contributed by atoms with Gasteiger partial charge in [-0.15, -0.1) is 0 Å². The zero-order valence-electron chi connectivity index (χ0n) is 16.7. The number of carbonyl (C=O) groups is 3. The molecule has 1 N–H and O–H groups in total. The first-order chi connectivity index (χ1) is 15.4. The summed E-state index contributed by atoms with van der Waals surface area (Å²) in [7, 11) is 1.21. The van der Waals surface area contributed by atoms with Crippen LogP contribution in [0.2, 0.25) is 0 Å². The van der Waals surface area contributed by atoms with Crippen LogP contribution in [0, 0.1) is 10.1 Å². The molecule has 3 amide bonds. The lowest BCUT2D eigenvalue weighted by molar-refractivity contribution is -0.384. The number of nitro benzene ring substituents is 1. The molecule has 0 atom stereocenters. The number of ether oxygens (including phenoxy) is 1. The van der Waals surface area contributed by atoms with Crippen LogP contribution in [-0.2, 0) is 16.1 Å². The van der Waals surface area contributed by atoms with Gasteiger partial charge in [-0.2, -0.15) is 0 Å². The number of furan rings is 1. The summed E-state index contributed by atoms with van der Waals surface area (Å²) in [4.78, 5) is 48.1. The topological polar surface area (TPSA) is 137 Å². The summed E-state index contributed by atoms with van der Waals surface area (Å²) in [6.07, 6.45) is 3.16. The number of nitrogens with zero attached hydrogens (tertiary/aromatic N) is 3. The fraction of sp³-hybridized carbons (Fsp3) is 0.0952. The van der Waals surface area contributed by atoms with Crippen LogP contribution in [0.15, 0.2) is 64.8 Å². The summed E-state index contributed by atoms with van der Waals surface area (Å²) in [5.41, 5.74) is 1.01. The molecule has 1 saturated heterocycles. The maximum absolute atomic E-state index is 12.8. The number of carbonyl (C=O) groups excluding carboxylic acids is 3. The van der Waals surface area contributed by atoms with E-state index in [0.29, 0.717) is 11.4 Å². The van der Waals surface area contributed by atoms with E-state index in [4.69, 9.17) is 4.42 Å². The van der Waals surface area contributed by atoms with Crippen molar-refractivity contribution in [1.82, 2.24) is 14.8 Å². The number of hydrogen-bond acceptors (Lipinski definition) is 7. The Morgan fingerprint density at radius 3 is 2.78 bits per heavy atom. The number of benzene rings is 1. The van der Waals surface area contributed by atoms with Crippen LogP contribution < -0.4 is 5.32 Å². The van der Waals surface area contributed by atoms with E-state index in [9.17, 15) is 24.5 Å². The van der Waals surface area contributed by atoms with Crippen LogP contribution in [0.25, 0.3) is 11.8 Å². The molecular weight excluding hydrogens is 420 g/mol. The van der Waals surface area contributed by atoms with E-state index in [2.05, 4.69) is 10.1 Å². The summed E-state index contributed by atoms with van der Waals surface area (Å²) >= 11 is 0. The minimum atomic E-state index is -0.670. The van der Waals surface area contributed by atoms with Gasteiger partial charge in [-0.05, 0) is 36.4 Å². The number of amides is 3. The molecule has 0 saturated carbocycles. The van der Waals surface area contributed by atoms with Crippen molar-refractivity contribution in [2.75, 3.05) is 7.11 Å². The van der Waals surface area contributed by atoms with E-state index in [1.165, 1.54) is 37.5 Å². The number of nitrogens with one attached hydrogen (secondary N) is 1. The smallest absolute Gasteiger partial charge is 0.373 e. The first-order valence-corrected chi connectivity index (χ1v) is 9.31. The molecule has 11 nitrogen and oxygen atoms in total. The molecule has 0 unspecified atom stereocenters. The van der Waals surface area contributed by atoms with Crippen molar-refractivity contribution in [3.63, 3.8) is 0 Å². The minimum Gasteiger partial charge on any atom is -0.463 e. The molecule has 32 heavy (non-hydrogen) atoms. The third-order valence-corrected chi connectivity index (χ3v) is 4.72. The van der Waals surface area contributed by atoms with E-state index in [1.54, 1.807) is 35.0 Å². The molecule has 0 spiro atoms. The Kier molecular flexibility index (Phi) is 5.29. The van der Waals surface area contributed by atoms with E-state index in [1.807, 2.05) is 0 Å². The summed E-state index contributed by atoms with van der Waals surface area (Å²) in [5.74, 6) is -1.07. The van der Waals surface area contributed by atoms with Gasteiger partial charge < -0.3 is 19.0 Å². The molecule has 162 valence electrons. The number of imide groups is 1. The summed E-state index contributed by atoms with van der Waals surface area (Å²) < 4.78 is 11.5. The average Bonchev–Trinajstić information content (AvgIpc) is 3.50. The number of urea groups is 1. The fourth-order valence-electron chi connectivity index (χ4n) is 3.20. The second-order valence-corrected chi connectivity index (χ2v) is 6.72. The number of aromatic nitrogens is 1. The standard InChI is InChI=1S/C21H16N4O7/c1-31-20(27)18-8-7-16(32-18)12-24-19(26)17(22-21(24)28)11-14-6-3-9-23(14)13-4-2-5-15(10-13)25(29)30/h2-11H,12H2,1H3,(H,22,28). The Bertz CT molecular complexity index is 1270. The zero-order chi connectivity index (χ0) is 22.8. The molecule has 3 heterocycles. The third-order valence-electron chi connectivity index (χ3n) is 4.72. The van der Waals surface area contributed by atoms with Gasteiger partial charge in [0.25, 0.3) is 11.6 Å². The third kappa shape index (κ3) is 3.86. The van der Waals surface area contributed by atoms with Crippen LogP contribution in [0.5, 0.6) is 0 Å². The molecular formula is C21H16N4O7. The first kappa shape index (κ1) is 20.6. The number of methoxy groups -OCH3 is 1. The van der Waals surface area contributed by atoms with Crippen LogP contribution in [0.1, 0.15) is 22.0 Å². The van der Waals surface area contributed by atoms with Gasteiger partial charge in [0.1, 0.15) is 11.5 Å². The van der Waals surface area contributed by atoms with E-state index < -0.39 is 22.8 Å². The lowest BCUT2D eigenvalue weighted by atomic mass is 10.2. The lowest BCUT2D eigenvalue weighted by Gasteiger charge is -2.09. The van der Waals surface area contributed by atoms with E-state index >= 15 is 0 Å². The van der Waals surface area contributed by atoms with Crippen molar-refractivity contribution >= 4 is 29.7 Å². The van der Waals surface area contributed by atoms with Gasteiger partial charge in [0.2, 0.25) is 5.76 Å². The van der Waals surface area contributed by atoms with Gasteiger partial charge in [0.05, 0.1) is 24.3 Å². The van der Waals surface area contributed by atoms with Crippen molar-refractivity contribution in [3.8, 4) is 5.69 Å². The SMILES string of the molecule is COC(=O)c1ccc(CN2C(=O)NC(=Cc3cccn3-c3cccc([N+](=O)[O-])c3)C2=O)o1. The zero-order valence-corrected chi connectivity index (χ0v) is 16.7. The Balaban J connectivity index is 1.57. The Morgan fingerprint density at radius 2 is 2.03 bits per heavy atom. The predicted octanol–water partition coefficient (Wildman–Crippen LogP) is 2.86. The number of hydrogen-bond donors (Lipinski definition) is 1. The summed E-state index contributed by atoms with van der Waals surface area (Å²) in [5, 5.41) is 13.6. The predicted molar refractivity (Wildman–Crippen MR) is 110 cm³/mol. The molecule has 4 rings (SSSR count). The summed E-state index contributed by atoms with van der Waals surface area (Å²) in [6, 6.07) is 11.6. The van der Waals surface area contributed by atoms with Crippen LogP contribution in [0.3, 0.4) is 0 Å². The lowest BCUT2D eigenvalue weighted by Crippen LogP contribution is -2.30. The number of esters is 1. The molecule has 1 aromatic carbocycles. The maximum atomic E-state index is 12.8. The molecule has 1 fully saturated rings. The van der Waals surface area contributed by atoms with Crippen LogP contribution in [0.4, 0.5) is 10.5 Å². The summed E-state index contributed by atoms with van der Waals surface area (Å²) in [6.45, 7) is -0.176. The molecule has 2 aromatic heterocycles. The number of nitro groups is 1. The highest BCUT2D eigenvalue weighted by molar-refractivity contribution is 6.13. The van der Waals surface area contributed by atoms with Gasteiger partial charge >= 0.3 is 12.0 Å². The van der Waals surface area contributed by atoms with Gasteiger partial charge in [-0.1, -0.05) is 6.07 Å². The van der Waals surface area contributed by atoms with Gasteiger partial charge in [-0.25, -0.2) is 9.59 Å². The van der Waals surface area contributed by atoms with Crippen molar-refractivity contribution in [1.29, 1.82) is 0 Å². The van der Waals surface area contributed by atoms with Gasteiger partial charge in [-0.3, -0.25) is 19.8 Å². The van der Waals surface area contributed by atoms with Crippen molar-refractivity contribution in [2.45, 2.75) is 6.54 Å². The maximum Gasteiger partial charge on any atom is 0.373 e. The normalized spacial score (nSPS) is 14.7.